The average Bonchev–Trinajstić information content (AvgIpc) is 3.17. The predicted octanol–water partition coefficient (Wildman–Crippen LogP) is 4.26. The monoisotopic (exact) mass is 368 g/mol. The Bertz CT molecular complexity index is 935. The van der Waals surface area contributed by atoms with Crippen LogP contribution in [0.2, 0.25) is 5.02 Å². The van der Waals surface area contributed by atoms with Gasteiger partial charge >= 0.3 is 0 Å². The van der Waals surface area contributed by atoms with Crippen LogP contribution in [0.5, 0.6) is 5.75 Å². The smallest absolute Gasteiger partial charge is 0.220 e. The fraction of sp³-hybridized carbons (Fsp3) is 0.286. The highest BCUT2D eigenvalue weighted by Crippen LogP contribution is 2.30. The molecule has 0 spiro atoms. The van der Waals surface area contributed by atoms with Crippen molar-refractivity contribution in [3.05, 3.63) is 64.8 Å². The van der Waals surface area contributed by atoms with Crippen LogP contribution in [-0.2, 0) is 17.6 Å². The van der Waals surface area contributed by atoms with Gasteiger partial charge in [-0.2, -0.15) is 0 Å². The third-order valence-corrected chi connectivity index (χ3v) is 5.12. The molecule has 1 heterocycles. The van der Waals surface area contributed by atoms with Crippen molar-refractivity contribution in [2.45, 2.75) is 31.7 Å². The molecule has 0 aliphatic heterocycles. The Hall–Kier alpha value is -2.46. The second-order valence-corrected chi connectivity index (χ2v) is 7.09. The molecule has 4 rings (SSSR count). The zero-order chi connectivity index (χ0) is 17.9. The molecule has 1 atom stereocenters. The van der Waals surface area contributed by atoms with E-state index in [0.717, 1.165) is 12.8 Å². The number of ether oxygens (including phenoxy) is 1. The Labute approximate surface area is 157 Å². The maximum atomic E-state index is 12.2. The highest BCUT2D eigenvalue weighted by atomic mass is 35.5. The summed E-state index contributed by atoms with van der Waals surface area (Å²) < 4.78 is 5.63. The SMILES string of the molecule is O=C(CCCOc1ccccc1Cl)NC1Cc2[nH]c3ccccc3c2C1. The molecule has 26 heavy (non-hydrogen) atoms. The van der Waals surface area contributed by atoms with E-state index in [4.69, 9.17) is 16.3 Å². The van der Waals surface area contributed by atoms with E-state index < -0.39 is 0 Å². The van der Waals surface area contributed by atoms with Crippen LogP contribution >= 0.6 is 11.6 Å². The molecule has 0 saturated heterocycles. The molecule has 1 amide bonds. The van der Waals surface area contributed by atoms with Crippen LogP contribution in [0, 0.1) is 0 Å². The van der Waals surface area contributed by atoms with Crippen molar-refractivity contribution >= 4 is 28.4 Å². The van der Waals surface area contributed by atoms with Crippen LogP contribution in [0.4, 0.5) is 0 Å². The van der Waals surface area contributed by atoms with Crippen molar-refractivity contribution in [3.8, 4) is 5.75 Å². The number of hydrogen-bond acceptors (Lipinski definition) is 2. The number of nitrogens with one attached hydrogen (secondary N) is 2. The number of carbonyl (C=O) groups is 1. The summed E-state index contributed by atoms with van der Waals surface area (Å²) in [6, 6.07) is 15.9. The Kier molecular flexibility index (Phi) is 4.85. The van der Waals surface area contributed by atoms with E-state index in [-0.39, 0.29) is 11.9 Å². The molecule has 5 heteroatoms. The minimum atomic E-state index is 0.0761. The Morgan fingerprint density at radius 2 is 1.96 bits per heavy atom. The summed E-state index contributed by atoms with van der Waals surface area (Å²) in [7, 11) is 0. The Morgan fingerprint density at radius 1 is 1.15 bits per heavy atom. The molecule has 2 aromatic carbocycles. The molecule has 0 fully saturated rings. The first kappa shape index (κ1) is 17.0. The number of para-hydroxylation sites is 2. The first-order valence-corrected chi connectivity index (χ1v) is 9.33. The topological polar surface area (TPSA) is 54.1 Å². The standard InChI is InChI=1S/C21H21ClN2O2/c22-17-7-2-4-9-20(17)26-11-5-10-21(25)23-14-12-16-15-6-1-3-8-18(15)24-19(16)13-14/h1-4,6-9,14,24H,5,10-13H2,(H,23,25). The van der Waals surface area contributed by atoms with Gasteiger partial charge in [0, 0.05) is 35.5 Å². The summed E-state index contributed by atoms with van der Waals surface area (Å²) in [5, 5.41) is 5.01. The fourth-order valence-electron chi connectivity index (χ4n) is 3.61. The number of aromatic amines is 1. The number of rotatable bonds is 6. The second kappa shape index (κ2) is 7.42. The lowest BCUT2D eigenvalue weighted by Crippen LogP contribution is -2.35. The highest BCUT2D eigenvalue weighted by Gasteiger charge is 2.26. The van der Waals surface area contributed by atoms with E-state index >= 15 is 0 Å². The van der Waals surface area contributed by atoms with Crippen LogP contribution in [0.3, 0.4) is 0 Å². The third kappa shape index (κ3) is 3.56. The molecule has 4 nitrogen and oxygen atoms in total. The molecule has 0 bridgehead atoms. The Balaban J connectivity index is 1.24. The summed E-state index contributed by atoms with van der Waals surface area (Å²) in [5.41, 5.74) is 3.77. The summed E-state index contributed by atoms with van der Waals surface area (Å²) in [6.45, 7) is 0.478. The van der Waals surface area contributed by atoms with E-state index in [1.165, 1.54) is 22.2 Å². The molecule has 1 unspecified atom stereocenters. The minimum Gasteiger partial charge on any atom is -0.492 e. The van der Waals surface area contributed by atoms with Crippen LogP contribution in [0.25, 0.3) is 10.9 Å². The maximum absolute atomic E-state index is 12.2. The predicted molar refractivity (Wildman–Crippen MR) is 104 cm³/mol. The molecular weight excluding hydrogens is 348 g/mol. The number of H-pyrrole nitrogens is 1. The van der Waals surface area contributed by atoms with Crippen LogP contribution < -0.4 is 10.1 Å². The van der Waals surface area contributed by atoms with E-state index in [9.17, 15) is 4.79 Å². The molecule has 134 valence electrons. The molecule has 0 saturated carbocycles. The van der Waals surface area contributed by atoms with Gasteiger partial charge in [-0.1, -0.05) is 41.9 Å². The summed E-state index contributed by atoms with van der Waals surface area (Å²) in [6.07, 6.45) is 2.88. The summed E-state index contributed by atoms with van der Waals surface area (Å²) >= 11 is 6.05. The van der Waals surface area contributed by atoms with Gasteiger partial charge in [0.15, 0.2) is 0 Å². The number of benzene rings is 2. The van der Waals surface area contributed by atoms with Crippen LogP contribution in [-0.4, -0.2) is 23.5 Å². The lowest BCUT2D eigenvalue weighted by Gasteiger charge is -2.13. The summed E-state index contributed by atoms with van der Waals surface area (Å²) in [4.78, 5) is 15.7. The van der Waals surface area contributed by atoms with Crippen molar-refractivity contribution in [2.24, 2.45) is 0 Å². The second-order valence-electron chi connectivity index (χ2n) is 6.68. The molecule has 1 aliphatic rings. The van der Waals surface area contributed by atoms with Crippen molar-refractivity contribution in [2.75, 3.05) is 6.61 Å². The number of halogens is 1. The molecular formula is C21H21ClN2O2. The van der Waals surface area contributed by atoms with Gasteiger partial charge in [-0.25, -0.2) is 0 Å². The quantitative estimate of drug-likeness (QED) is 0.638. The van der Waals surface area contributed by atoms with E-state index in [2.05, 4.69) is 28.5 Å². The van der Waals surface area contributed by atoms with Gasteiger partial charge in [-0.05, 0) is 36.6 Å². The van der Waals surface area contributed by atoms with Gasteiger partial charge in [0.1, 0.15) is 5.75 Å². The highest BCUT2D eigenvalue weighted by molar-refractivity contribution is 6.32. The van der Waals surface area contributed by atoms with Gasteiger partial charge in [-0.3, -0.25) is 4.79 Å². The molecule has 2 N–H and O–H groups in total. The molecule has 1 aliphatic carbocycles. The van der Waals surface area contributed by atoms with Gasteiger partial charge < -0.3 is 15.0 Å². The zero-order valence-electron chi connectivity index (χ0n) is 14.4. The first-order valence-electron chi connectivity index (χ1n) is 8.96. The number of fused-ring (bicyclic) bond motifs is 3. The number of hydrogen-bond donors (Lipinski definition) is 2. The Morgan fingerprint density at radius 3 is 2.85 bits per heavy atom. The number of aromatic nitrogens is 1. The summed E-state index contributed by atoms with van der Waals surface area (Å²) in [5.74, 6) is 0.739. The zero-order valence-corrected chi connectivity index (χ0v) is 15.2. The van der Waals surface area contributed by atoms with Crippen LogP contribution in [0.15, 0.2) is 48.5 Å². The van der Waals surface area contributed by atoms with Gasteiger partial charge in [0.05, 0.1) is 11.6 Å². The third-order valence-electron chi connectivity index (χ3n) is 4.81. The first-order chi connectivity index (χ1) is 12.7. The lowest BCUT2D eigenvalue weighted by atomic mass is 10.1. The van der Waals surface area contributed by atoms with Crippen molar-refractivity contribution < 1.29 is 9.53 Å². The van der Waals surface area contributed by atoms with E-state index in [1.54, 1.807) is 6.07 Å². The van der Waals surface area contributed by atoms with Crippen molar-refractivity contribution in [3.63, 3.8) is 0 Å². The largest absolute Gasteiger partial charge is 0.492 e. The van der Waals surface area contributed by atoms with Crippen molar-refractivity contribution in [1.82, 2.24) is 10.3 Å². The minimum absolute atomic E-state index is 0.0761. The average molecular weight is 369 g/mol. The van der Waals surface area contributed by atoms with E-state index in [0.29, 0.717) is 30.2 Å². The normalized spacial score (nSPS) is 15.8. The fourth-order valence-corrected chi connectivity index (χ4v) is 3.80. The lowest BCUT2D eigenvalue weighted by molar-refractivity contribution is -0.121. The van der Waals surface area contributed by atoms with Gasteiger partial charge in [-0.15, -0.1) is 0 Å². The number of amides is 1. The van der Waals surface area contributed by atoms with Gasteiger partial charge in [0.25, 0.3) is 0 Å². The maximum Gasteiger partial charge on any atom is 0.220 e. The number of carbonyl (C=O) groups excluding carboxylic acids is 1. The molecule has 1 aromatic heterocycles. The molecule has 3 aromatic rings. The molecule has 0 radical (unpaired) electrons. The van der Waals surface area contributed by atoms with Gasteiger partial charge in [0.2, 0.25) is 5.91 Å². The van der Waals surface area contributed by atoms with Crippen molar-refractivity contribution in [1.29, 1.82) is 0 Å². The van der Waals surface area contributed by atoms with Crippen LogP contribution in [0.1, 0.15) is 24.1 Å². The van der Waals surface area contributed by atoms with E-state index in [1.807, 2.05) is 24.3 Å².